The molecule has 7 nitrogen and oxygen atoms in total. The van der Waals surface area contributed by atoms with Gasteiger partial charge in [-0.1, -0.05) is 31.2 Å². The molecule has 8 heteroatoms. The predicted octanol–water partition coefficient (Wildman–Crippen LogP) is 3.74. The molecule has 2 aromatic rings. The molecule has 4 heterocycles. The largest absolute Gasteiger partial charge is 0.376 e. The number of nitrogens with one attached hydrogen (secondary N) is 2. The summed E-state index contributed by atoms with van der Waals surface area (Å²) < 4.78 is 5.69. The maximum Gasteiger partial charge on any atom is 0.232 e. The molecular formula is C25H34N6OS. The molecule has 2 atom stereocenters. The summed E-state index contributed by atoms with van der Waals surface area (Å²) in [7, 11) is 0. The van der Waals surface area contributed by atoms with Gasteiger partial charge in [-0.3, -0.25) is 0 Å². The Kier molecular flexibility index (Phi) is 6.92. The SMILES string of the molecule is CC1CCCN(c2cc(N3CCc4ccccc4C3)nc(NC(=S)NCC3CCCO3)n2)C1. The number of benzene rings is 1. The minimum Gasteiger partial charge on any atom is -0.376 e. The van der Waals surface area contributed by atoms with Crippen LogP contribution in [0.1, 0.15) is 43.7 Å². The third kappa shape index (κ3) is 5.55. The van der Waals surface area contributed by atoms with Crippen molar-refractivity contribution in [2.75, 3.05) is 47.9 Å². The Morgan fingerprint density at radius 1 is 1.09 bits per heavy atom. The monoisotopic (exact) mass is 466 g/mol. The van der Waals surface area contributed by atoms with Crippen molar-refractivity contribution in [2.24, 2.45) is 5.92 Å². The van der Waals surface area contributed by atoms with Gasteiger partial charge in [0.05, 0.1) is 6.10 Å². The van der Waals surface area contributed by atoms with Crippen LogP contribution in [0.25, 0.3) is 0 Å². The first-order chi connectivity index (χ1) is 16.1. The minimum atomic E-state index is 0.232. The summed E-state index contributed by atoms with van der Waals surface area (Å²) in [5.41, 5.74) is 2.81. The molecule has 33 heavy (non-hydrogen) atoms. The fourth-order valence-electron chi connectivity index (χ4n) is 5.05. The number of piperidine rings is 1. The maximum absolute atomic E-state index is 5.69. The van der Waals surface area contributed by atoms with Crippen molar-refractivity contribution in [3.8, 4) is 0 Å². The van der Waals surface area contributed by atoms with Crippen molar-refractivity contribution >= 4 is 34.9 Å². The minimum absolute atomic E-state index is 0.232. The second-order valence-corrected chi connectivity index (χ2v) is 9.92. The molecule has 5 rings (SSSR count). The van der Waals surface area contributed by atoms with Crippen molar-refractivity contribution < 1.29 is 4.74 Å². The van der Waals surface area contributed by atoms with E-state index in [-0.39, 0.29) is 6.10 Å². The van der Waals surface area contributed by atoms with Crippen LogP contribution < -0.4 is 20.4 Å². The average molecular weight is 467 g/mol. The van der Waals surface area contributed by atoms with Gasteiger partial charge in [0.2, 0.25) is 5.95 Å². The number of rotatable bonds is 5. The lowest BCUT2D eigenvalue weighted by Crippen LogP contribution is -2.37. The van der Waals surface area contributed by atoms with E-state index in [4.69, 9.17) is 26.9 Å². The highest BCUT2D eigenvalue weighted by atomic mass is 32.1. The Morgan fingerprint density at radius 2 is 1.91 bits per heavy atom. The van der Waals surface area contributed by atoms with Gasteiger partial charge in [0.25, 0.3) is 0 Å². The fourth-order valence-corrected chi connectivity index (χ4v) is 5.22. The van der Waals surface area contributed by atoms with Crippen LogP contribution in [-0.2, 0) is 17.7 Å². The molecule has 3 aliphatic heterocycles. The normalized spacial score (nSPS) is 22.7. The molecule has 1 aromatic carbocycles. The summed E-state index contributed by atoms with van der Waals surface area (Å²) in [6, 6.07) is 10.9. The van der Waals surface area contributed by atoms with Gasteiger partial charge in [0.15, 0.2) is 5.11 Å². The fraction of sp³-hybridized carbons (Fsp3) is 0.560. The quantitative estimate of drug-likeness (QED) is 0.646. The molecule has 0 aliphatic carbocycles. The van der Waals surface area contributed by atoms with E-state index < -0.39 is 0 Å². The van der Waals surface area contributed by atoms with E-state index in [9.17, 15) is 0 Å². The van der Waals surface area contributed by atoms with Crippen LogP contribution in [-0.4, -0.2) is 54.0 Å². The van der Waals surface area contributed by atoms with Crippen LogP contribution in [0, 0.1) is 5.92 Å². The third-order valence-corrected chi connectivity index (χ3v) is 7.12. The van der Waals surface area contributed by atoms with Gasteiger partial charge in [0.1, 0.15) is 11.6 Å². The summed E-state index contributed by atoms with van der Waals surface area (Å²) in [5, 5.41) is 7.07. The smallest absolute Gasteiger partial charge is 0.232 e. The molecule has 176 valence electrons. The number of aromatic nitrogens is 2. The molecule has 0 spiro atoms. The number of thiocarbonyl (C=S) groups is 1. The molecule has 0 saturated carbocycles. The summed E-state index contributed by atoms with van der Waals surface area (Å²) in [6.07, 6.45) is 5.93. The first-order valence-electron chi connectivity index (χ1n) is 12.3. The second-order valence-electron chi connectivity index (χ2n) is 9.51. The highest BCUT2D eigenvalue weighted by Gasteiger charge is 2.23. The van der Waals surface area contributed by atoms with Gasteiger partial charge in [-0.15, -0.1) is 0 Å². The standard InChI is InChI=1S/C25H34N6OS/c1-18-6-4-11-30(16-18)22-14-23(31-12-10-19-7-2-3-8-20(19)17-31)28-24(27-22)29-25(33)26-15-21-9-5-13-32-21/h2-3,7-8,14,18,21H,4-6,9-13,15-17H2,1H3,(H2,26,27,28,29,33). The van der Waals surface area contributed by atoms with Crippen LogP contribution in [0.2, 0.25) is 0 Å². The van der Waals surface area contributed by atoms with Gasteiger partial charge in [-0.2, -0.15) is 9.97 Å². The molecule has 2 fully saturated rings. The van der Waals surface area contributed by atoms with E-state index in [2.05, 4.69) is 57.7 Å². The van der Waals surface area contributed by atoms with E-state index in [0.29, 0.717) is 23.5 Å². The van der Waals surface area contributed by atoms with Gasteiger partial charge < -0.3 is 25.2 Å². The average Bonchev–Trinajstić information content (AvgIpc) is 3.36. The zero-order valence-corrected chi connectivity index (χ0v) is 20.2. The van der Waals surface area contributed by atoms with Gasteiger partial charge >= 0.3 is 0 Å². The predicted molar refractivity (Wildman–Crippen MR) is 137 cm³/mol. The van der Waals surface area contributed by atoms with Gasteiger partial charge in [-0.05, 0) is 61.4 Å². The Hall–Kier alpha value is -2.45. The third-order valence-electron chi connectivity index (χ3n) is 6.87. The first kappa shape index (κ1) is 22.3. The molecule has 2 N–H and O–H groups in total. The van der Waals surface area contributed by atoms with E-state index >= 15 is 0 Å². The van der Waals surface area contributed by atoms with Crippen molar-refractivity contribution in [2.45, 2.75) is 51.7 Å². The molecule has 2 unspecified atom stereocenters. The molecule has 2 saturated heterocycles. The Labute approximate surface area is 201 Å². The van der Waals surface area contributed by atoms with Gasteiger partial charge in [0, 0.05) is 45.4 Å². The Morgan fingerprint density at radius 3 is 2.70 bits per heavy atom. The number of anilines is 3. The van der Waals surface area contributed by atoms with Crippen LogP contribution >= 0.6 is 12.2 Å². The van der Waals surface area contributed by atoms with Crippen LogP contribution in [0.5, 0.6) is 0 Å². The number of fused-ring (bicyclic) bond motifs is 1. The molecule has 0 bridgehead atoms. The first-order valence-corrected chi connectivity index (χ1v) is 12.7. The maximum atomic E-state index is 5.69. The molecular weight excluding hydrogens is 432 g/mol. The number of ether oxygens (including phenoxy) is 1. The Balaban J connectivity index is 1.35. The van der Waals surface area contributed by atoms with Crippen LogP contribution in [0.3, 0.4) is 0 Å². The van der Waals surface area contributed by atoms with Crippen LogP contribution in [0.4, 0.5) is 17.6 Å². The lowest BCUT2D eigenvalue weighted by atomic mass is 10.00. The van der Waals surface area contributed by atoms with Crippen LogP contribution in [0.15, 0.2) is 30.3 Å². The van der Waals surface area contributed by atoms with Crippen molar-refractivity contribution in [1.82, 2.24) is 15.3 Å². The zero-order chi connectivity index (χ0) is 22.6. The Bertz CT molecular complexity index is 979. The lowest BCUT2D eigenvalue weighted by Gasteiger charge is -2.34. The van der Waals surface area contributed by atoms with E-state index in [1.54, 1.807) is 0 Å². The van der Waals surface area contributed by atoms with Crippen molar-refractivity contribution in [1.29, 1.82) is 0 Å². The topological polar surface area (TPSA) is 65.5 Å². The van der Waals surface area contributed by atoms with E-state index in [1.807, 2.05) is 0 Å². The van der Waals surface area contributed by atoms with Crippen molar-refractivity contribution in [3.05, 3.63) is 41.5 Å². The number of hydrogen-bond donors (Lipinski definition) is 2. The van der Waals surface area contributed by atoms with E-state index in [1.165, 1.54) is 24.0 Å². The number of nitrogens with zero attached hydrogens (tertiary/aromatic N) is 4. The number of hydrogen-bond acceptors (Lipinski definition) is 6. The summed E-state index contributed by atoms with van der Waals surface area (Å²) >= 11 is 5.56. The zero-order valence-electron chi connectivity index (χ0n) is 19.4. The summed E-state index contributed by atoms with van der Waals surface area (Å²) in [6.45, 7) is 7.75. The highest BCUT2D eigenvalue weighted by Crippen LogP contribution is 2.29. The van der Waals surface area contributed by atoms with Gasteiger partial charge in [-0.25, -0.2) is 0 Å². The molecule has 0 radical (unpaired) electrons. The second kappa shape index (κ2) is 10.2. The molecule has 3 aliphatic rings. The highest BCUT2D eigenvalue weighted by molar-refractivity contribution is 7.80. The van der Waals surface area contributed by atoms with E-state index in [0.717, 1.165) is 63.7 Å². The lowest BCUT2D eigenvalue weighted by molar-refractivity contribution is 0.114. The summed E-state index contributed by atoms with van der Waals surface area (Å²) in [4.78, 5) is 14.5. The summed E-state index contributed by atoms with van der Waals surface area (Å²) in [5.74, 6) is 3.17. The van der Waals surface area contributed by atoms with Crippen molar-refractivity contribution in [3.63, 3.8) is 0 Å². The molecule has 1 aromatic heterocycles. The molecule has 0 amide bonds.